The molecule has 0 aliphatic heterocycles. The number of nitrogens with one attached hydrogen (secondary N) is 1. The monoisotopic (exact) mass is 519 g/mol. The molecule has 0 spiro atoms. The lowest BCUT2D eigenvalue weighted by molar-refractivity contribution is 0.306. The molecule has 0 amide bonds. The Morgan fingerprint density at radius 2 is 1.73 bits per heavy atom. The maximum Gasteiger partial charge on any atom is 0.162 e. The third-order valence-corrected chi connectivity index (χ3v) is 6.90. The first-order valence-electron chi connectivity index (χ1n) is 12.2. The summed E-state index contributed by atoms with van der Waals surface area (Å²) in [5, 5.41) is 4.22. The summed E-state index contributed by atoms with van der Waals surface area (Å²) >= 11 is 0. The lowest BCUT2D eigenvalue weighted by Crippen LogP contribution is -2.27. The zero-order valence-corrected chi connectivity index (χ0v) is 22.0. The van der Waals surface area contributed by atoms with Gasteiger partial charge >= 0.3 is 0 Å². The fourth-order valence-electron chi connectivity index (χ4n) is 3.85. The van der Waals surface area contributed by atoms with Gasteiger partial charge in [0.25, 0.3) is 0 Å². The SMILES string of the molecule is CN(CCCNc1ccc2c(N)nc(-c3ccc(OCc4ccccc4)cc3)nc2c1)CCS(C)(=O)=O. The van der Waals surface area contributed by atoms with E-state index in [9.17, 15) is 8.42 Å². The molecular formula is C28H33N5O3S. The molecule has 4 rings (SSSR count). The number of nitrogens with two attached hydrogens (primary N) is 1. The number of aromatic nitrogens is 2. The Morgan fingerprint density at radius 1 is 0.973 bits per heavy atom. The summed E-state index contributed by atoms with van der Waals surface area (Å²) < 4.78 is 28.5. The van der Waals surface area contributed by atoms with Crippen LogP contribution >= 0.6 is 0 Å². The van der Waals surface area contributed by atoms with Crippen LogP contribution in [0.25, 0.3) is 22.3 Å². The molecule has 0 radical (unpaired) electrons. The fraction of sp³-hybridized carbons (Fsp3) is 0.286. The Hall–Kier alpha value is -3.69. The Labute approximate surface area is 218 Å². The van der Waals surface area contributed by atoms with Crippen molar-refractivity contribution < 1.29 is 13.2 Å². The van der Waals surface area contributed by atoms with Crippen molar-refractivity contribution in [3.8, 4) is 17.1 Å². The lowest BCUT2D eigenvalue weighted by Gasteiger charge is -2.16. The van der Waals surface area contributed by atoms with Gasteiger partial charge in [-0.15, -0.1) is 0 Å². The highest BCUT2D eigenvalue weighted by Crippen LogP contribution is 2.27. The molecule has 3 N–H and O–H groups in total. The third kappa shape index (κ3) is 7.90. The molecule has 3 aromatic carbocycles. The van der Waals surface area contributed by atoms with Crippen molar-refractivity contribution in [2.45, 2.75) is 13.0 Å². The van der Waals surface area contributed by atoms with E-state index in [1.54, 1.807) is 0 Å². The van der Waals surface area contributed by atoms with E-state index in [1.807, 2.05) is 84.7 Å². The molecule has 0 saturated carbocycles. The molecule has 0 unspecified atom stereocenters. The molecule has 0 aliphatic rings. The molecule has 1 heterocycles. The van der Waals surface area contributed by atoms with Crippen molar-refractivity contribution >= 4 is 32.2 Å². The van der Waals surface area contributed by atoms with Gasteiger partial charge in [-0.2, -0.15) is 0 Å². The van der Waals surface area contributed by atoms with Crippen LogP contribution in [0.2, 0.25) is 0 Å². The van der Waals surface area contributed by atoms with Crippen LogP contribution in [0.4, 0.5) is 11.5 Å². The topological polar surface area (TPSA) is 110 Å². The highest BCUT2D eigenvalue weighted by Gasteiger charge is 2.09. The van der Waals surface area contributed by atoms with Crippen molar-refractivity contribution in [3.05, 3.63) is 78.4 Å². The molecule has 0 aliphatic carbocycles. The van der Waals surface area contributed by atoms with Crippen LogP contribution in [0.3, 0.4) is 0 Å². The van der Waals surface area contributed by atoms with Crippen LogP contribution in [-0.4, -0.2) is 62.0 Å². The largest absolute Gasteiger partial charge is 0.489 e. The number of rotatable bonds is 12. The summed E-state index contributed by atoms with van der Waals surface area (Å²) in [6.45, 7) is 2.60. The maximum absolute atomic E-state index is 11.3. The molecule has 0 bridgehead atoms. The first-order chi connectivity index (χ1) is 17.8. The first kappa shape index (κ1) is 26.4. The molecule has 0 fully saturated rings. The van der Waals surface area contributed by atoms with Crippen LogP contribution in [0, 0.1) is 0 Å². The van der Waals surface area contributed by atoms with E-state index in [2.05, 4.69) is 10.3 Å². The highest BCUT2D eigenvalue weighted by molar-refractivity contribution is 7.90. The molecule has 9 heteroatoms. The van der Waals surface area contributed by atoms with Gasteiger partial charge in [-0.05, 0) is 68.0 Å². The van der Waals surface area contributed by atoms with E-state index in [-0.39, 0.29) is 5.75 Å². The Balaban J connectivity index is 1.37. The fourth-order valence-corrected chi connectivity index (χ4v) is 4.49. The van der Waals surface area contributed by atoms with Crippen molar-refractivity contribution in [1.29, 1.82) is 0 Å². The minimum atomic E-state index is -2.94. The zero-order valence-electron chi connectivity index (χ0n) is 21.2. The van der Waals surface area contributed by atoms with E-state index in [4.69, 9.17) is 15.5 Å². The normalized spacial score (nSPS) is 11.6. The lowest BCUT2D eigenvalue weighted by atomic mass is 10.1. The Morgan fingerprint density at radius 3 is 2.46 bits per heavy atom. The predicted octanol–water partition coefficient (Wildman–Crippen LogP) is 4.24. The van der Waals surface area contributed by atoms with Crippen molar-refractivity contribution in [1.82, 2.24) is 14.9 Å². The minimum absolute atomic E-state index is 0.175. The van der Waals surface area contributed by atoms with Gasteiger partial charge in [0.05, 0.1) is 11.3 Å². The first-order valence-corrected chi connectivity index (χ1v) is 14.3. The average Bonchev–Trinajstić information content (AvgIpc) is 2.89. The number of benzene rings is 3. The second kappa shape index (κ2) is 12.0. The summed E-state index contributed by atoms with van der Waals surface area (Å²) in [4.78, 5) is 11.3. The quantitative estimate of drug-likeness (QED) is 0.268. The third-order valence-electron chi connectivity index (χ3n) is 5.98. The van der Waals surface area contributed by atoms with Crippen LogP contribution in [0.5, 0.6) is 5.75 Å². The van der Waals surface area contributed by atoms with E-state index >= 15 is 0 Å². The van der Waals surface area contributed by atoms with Gasteiger partial charge in [-0.3, -0.25) is 0 Å². The van der Waals surface area contributed by atoms with E-state index < -0.39 is 9.84 Å². The van der Waals surface area contributed by atoms with Crippen molar-refractivity contribution in [2.75, 3.05) is 49.7 Å². The van der Waals surface area contributed by atoms with Crippen LogP contribution < -0.4 is 15.8 Å². The molecule has 194 valence electrons. The number of hydrogen-bond acceptors (Lipinski definition) is 8. The summed E-state index contributed by atoms with van der Waals surface area (Å²) in [6, 6.07) is 23.6. The van der Waals surface area contributed by atoms with Crippen molar-refractivity contribution in [2.24, 2.45) is 0 Å². The molecule has 0 saturated heterocycles. The second-order valence-electron chi connectivity index (χ2n) is 9.18. The minimum Gasteiger partial charge on any atom is -0.489 e. The summed E-state index contributed by atoms with van der Waals surface area (Å²) in [5.41, 5.74) is 9.94. The number of hydrogen-bond donors (Lipinski definition) is 2. The number of nitrogens with zero attached hydrogens (tertiary/aromatic N) is 3. The molecule has 8 nitrogen and oxygen atoms in total. The molecule has 4 aromatic rings. The van der Waals surface area contributed by atoms with Crippen LogP contribution in [0.15, 0.2) is 72.8 Å². The average molecular weight is 520 g/mol. The van der Waals surface area contributed by atoms with Gasteiger partial charge in [0.2, 0.25) is 0 Å². The Kier molecular flexibility index (Phi) is 8.58. The van der Waals surface area contributed by atoms with Gasteiger partial charge in [-0.1, -0.05) is 30.3 Å². The number of nitrogen functional groups attached to an aromatic ring is 1. The summed E-state index contributed by atoms with van der Waals surface area (Å²) in [7, 11) is -1.01. The molecular weight excluding hydrogens is 486 g/mol. The number of ether oxygens (including phenoxy) is 1. The molecule has 1 aromatic heterocycles. The number of fused-ring (bicyclic) bond motifs is 1. The van der Waals surface area contributed by atoms with Crippen molar-refractivity contribution in [3.63, 3.8) is 0 Å². The zero-order chi connectivity index (χ0) is 26.3. The highest BCUT2D eigenvalue weighted by atomic mass is 32.2. The van der Waals surface area contributed by atoms with Gasteiger partial charge in [-0.25, -0.2) is 18.4 Å². The van der Waals surface area contributed by atoms with Gasteiger partial charge < -0.3 is 20.7 Å². The summed E-state index contributed by atoms with van der Waals surface area (Å²) in [6.07, 6.45) is 2.15. The Bertz CT molecular complexity index is 1430. The van der Waals surface area contributed by atoms with E-state index in [0.29, 0.717) is 24.8 Å². The standard InChI is InChI=1S/C28H33N5O3S/c1-33(17-18-37(2,34)35)16-6-15-30-23-11-14-25-26(19-23)31-28(32-27(25)29)22-9-12-24(13-10-22)36-20-21-7-4-3-5-8-21/h3-5,7-14,19,30H,6,15-18,20H2,1-2H3,(H2,29,31,32). The van der Waals surface area contributed by atoms with E-state index in [1.165, 1.54) is 6.26 Å². The number of sulfone groups is 1. The van der Waals surface area contributed by atoms with Crippen LogP contribution in [-0.2, 0) is 16.4 Å². The van der Waals surface area contributed by atoms with Crippen LogP contribution in [0.1, 0.15) is 12.0 Å². The molecule has 0 atom stereocenters. The maximum atomic E-state index is 11.3. The van der Waals surface area contributed by atoms with E-state index in [0.717, 1.165) is 53.0 Å². The van der Waals surface area contributed by atoms with Gasteiger partial charge in [0.15, 0.2) is 5.82 Å². The van der Waals surface area contributed by atoms with Gasteiger partial charge in [0, 0.05) is 36.0 Å². The molecule has 37 heavy (non-hydrogen) atoms. The number of anilines is 2. The predicted molar refractivity (Wildman–Crippen MR) is 150 cm³/mol. The second-order valence-corrected chi connectivity index (χ2v) is 11.4. The van der Waals surface area contributed by atoms with Gasteiger partial charge in [0.1, 0.15) is 28.0 Å². The smallest absolute Gasteiger partial charge is 0.162 e. The summed E-state index contributed by atoms with van der Waals surface area (Å²) in [5.74, 6) is 1.94.